The van der Waals surface area contributed by atoms with Crippen molar-refractivity contribution in [2.45, 2.75) is 64.4 Å². The summed E-state index contributed by atoms with van der Waals surface area (Å²) >= 11 is 0. The molecule has 0 unspecified atom stereocenters. The van der Waals surface area contributed by atoms with E-state index in [0.29, 0.717) is 38.3 Å². The zero-order chi connectivity index (χ0) is 18.9. The minimum absolute atomic E-state index is 0.207. The molecule has 140 valence electrons. The van der Waals surface area contributed by atoms with E-state index in [1.165, 1.54) is 6.07 Å². The highest BCUT2D eigenvalue weighted by atomic mass is 19.1. The number of carbonyl (C=O) groups excluding carboxylic acids is 1. The van der Waals surface area contributed by atoms with Crippen molar-refractivity contribution in [1.82, 2.24) is 4.90 Å². The van der Waals surface area contributed by atoms with Crippen molar-refractivity contribution in [3.63, 3.8) is 0 Å². The summed E-state index contributed by atoms with van der Waals surface area (Å²) in [5.41, 5.74) is 1.13. The van der Waals surface area contributed by atoms with Gasteiger partial charge in [0, 0.05) is 13.1 Å². The van der Waals surface area contributed by atoms with Crippen molar-refractivity contribution in [3.05, 3.63) is 35.1 Å². The van der Waals surface area contributed by atoms with Crippen molar-refractivity contribution in [2.75, 3.05) is 13.1 Å². The molecule has 2 fully saturated rings. The number of likely N-dealkylation sites (tertiary alicyclic amines) is 1. The Morgan fingerprint density at radius 3 is 2.54 bits per heavy atom. The third-order valence-corrected chi connectivity index (χ3v) is 5.26. The van der Waals surface area contributed by atoms with Crippen LogP contribution < -0.4 is 0 Å². The molecule has 0 N–H and O–H groups in total. The van der Waals surface area contributed by atoms with Gasteiger partial charge in [-0.15, -0.1) is 0 Å². The van der Waals surface area contributed by atoms with Crippen LogP contribution >= 0.6 is 0 Å². The topological polar surface area (TPSA) is 53.3 Å². The second-order valence-corrected chi connectivity index (χ2v) is 8.65. The first-order valence-corrected chi connectivity index (χ1v) is 9.39. The van der Waals surface area contributed by atoms with Crippen LogP contribution in [0.2, 0.25) is 0 Å². The maximum absolute atomic E-state index is 13.6. The van der Waals surface area contributed by atoms with Crippen molar-refractivity contribution in [3.8, 4) is 6.07 Å². The predicted octanol–water partition coefficient (Wildman–Crippen LogP) is 4.79. The van der Waals surface area contributed by atoms with Crippen LogP contribution in [0.1, 0.15) is 63.5 Å². The highest BCUT2D eigenvalue weighted by Gasteiger charge is 2.39. The lowest BCUT2D eigenvalue weighted by Crippen LogP contribution is -2.45. The van der Waals surface area contributed by atoms with Gasteiger partial charge in [-0.1, -0.05) is 6.07 Å². The average Bonchev–Trinajstić information content (AvgIpc) is 3.40. The van der Waals surface area contributed by atoms with E-state index in [9.17, 15) is 14.4 Å². The molecular weight excluding hydrogens is 331 g/mol. The molecule has 5 heteroatoms. The van der Waals surface area contributed by atoms with Crippen LogP contribution in [0.4, 0.5) is 9.18 Å². The summed E-state index contributed by atoms with van der Waals surface area (Å²) in [5, 5.41) is 9.86. The molecule has 3 rings (SSSR count). The second kappa shape index (κ2) is 6.90. The molecule has 1 aromatic rings. The highest BCUT2D eigenvalue weighted by molar-refractivity contribution is 5.68. The summed E-state index contributed by atoms with van der Waals surface area (Å²) in [6, 6.07) is 7.46. The largest absolute Gasteiger partial charge is 0.444 e. The predicted molar refractivity (Wildman–Crippen MR) is 97.2 cm³/mol. The minimum Gasteiger partial charge on any atom is -0.444 e. The van der Waals surface area contributed by atoms with Crippen molar-refractivity contribution < 1.29 is 13.9 Å². The van der Waals surface area contributed by atoms with Gasteiger partial charge in [-0.25, -0.2) is 9.18 Å². The molecule has 1 saturated heterocycles. The Morgan fingerprint density at radius 2 is 2.00 bits per heavy atom. The van der Waals surface area contributed by atoms with E-state index in [1.54, 1.807) is 11.0 Å². The normalized spacial score (nSPS) is 19.7. The summed E-state index contributed by atoms with van der Waals surface area (Å²) in [5.74, 6) is 0.236. The van der Waals surface area contributed by atoms with Crippen LogP contribution in [0.25, 0.3) is 0 Å². The lowest BCUT2D eigenvalue weighted by molar-refractivity contribution is 0.0148. The van der Waals surface area contributed by atoms with E-state index in [4.69, 9.17) is 4.74 Å². The van der Waals surface area contributed by atoms with Gasteiger partial charge in [0.15, 0.2) is 0 Å². The van der Waals surface area contributed by atoms with Gasteiger partial charge < -0.3 is 9.64 Å². The SMILES string of the molecule is CC(C)(C)OC(=O)N1CCC(C#N)(Cc2ccc(F)cc2C2CC2)CC1. The summed E-state index contributed by atoms with van der Waals surface area (Å²) < 4.78 is 19.1. The molecule has 2 aliphatic rings. The van der Waals surface area contributed by atoms with Gasteiger partial charge >= 0.3 is 6.09 Å². The number of halogens is 1. The summed E-state index contributed by atoms with van der Waals surface area (Å²) in [7, 11) is 0. The molecule has 0 atom stereocenters. The Morgan fingerprint density at radius 1 is 1.35 bits per heavy atom. The Bertz CT molecular complexity index is 721. The Balaban J connectivity index is 1.69. The maximum Gasteiger partial charge on any atom is 0.410 e. The number of hydrogen-bond donors (Lipinski definition) is 0. The molecule has 0 bridgehead atoms. The first kappa shape index (κ1) is 18.7. The Hall–Kier alpha value is -2.09. The number of hydrogen-bond acceptors (Lipinski definition) is 3. The van der Waals surface area contributed by atoms with E-state index in [1.807, 2.05) is 26.8 Å². The zero-order valence-corrected chi connectivity index (χ0v) is 15.8. The third-order valence-electron chi connectivity index (χ3n) is 5.26. The number of piperidine rings is 1. The molecule has 0 spiro atoms. The van der Waals surface area contributed by atoms with Crippen LogP contribution in [0.15, 0.2) is 18.2 Å². The summed E-state index contributed by atoms with van der Waals surface area (Å²) in [6.45, 7) is 6.58. The number of carbonyl (C=O) groups is 1. The monoisotopic (exact) mass is 358 g/mol. The van der Waals surface area contributed by atoms with Crippen LogP contribution in [-0.2, 0) is 11.2 Å². The van der Waals surface area contributed by atoms with Gasteiger partial charge in [-0.05, 0) is 82.1 Å². The average molecular weight is 358 g/mol. The van der Waals surface area contributed by atoms with Crippen LogP contribution in [0.5, 0.6) is 0 Å². The lowest BCUT2D eigenvalue weighted by Gasteiger charge is -2.38. The van der Waals surface area contributed by atoms with E-state index < -0.39 is 11.0 Å². The Kier molecular flexibility index (Phi) is 4.96. The lowest BCUT2D eigenvalue weighted by atomic mass is 9.74. The van der Waals surface area contributed by atoms with Crippen LogP contribution in [-0.4, -0.2) is 29.7 Å². The van der Waals surface area contributed by atoms with Crippen molar-refractivity contribution >= 4 is 6.09 Å². The molecule has 1 aromatic carbocycles. The fourth-order valence-corrected chi connectivity index (χ4v) is 3.64. The number of benzene rings is 1. The van der Waals surface area contributed by atoms with Gasteiger partial charge in [-0.3, -0.25) is 0 Å². The first-order valence-electron chi connectivity index (χ1n) is 9.39. The van der Waals surface area contributed by atoms with E-state index in [-0.39, 0.29) is 11.9 Å². The van der Waals surface area contributed by atoms with Gasteiger partial charge in [0.2, 0.25) is 0 Å². The standard InChI is InChI=1S/C21H27FN2O2/c1-20(2,3)26-19(25)24-10-8-21(14-23,9-11-24)13-16-6-7-17(22)12-18(16)15-4-5-15/h6-7,12,15H,4-5,8-11,13H2,1-3H3. The van der Waals surface area contributed by atoms with Crippen LogP contribution in [0.3, 0.4) is 0 Å². The zero-order valence-electron chi connectivity index (χ0n) is 15.8. The molecule has 4 nitrogen and oxygen atoms in total. The number of rotatable bonds is 3. The molecular formula is C21H27FN2O2. The fourth-order valence-electron chi connectivity index (χ4n) is 3.64. The van der Waals surface area contributed by atoms with Gasteiger partial charge in [0.25, 0.3) is 0 Å². The molecule has 1 amide bonds. The number of nitriles is 1. The number of nitrogens with zero attached hydrogens (tertiary/aromatic N) is 2. The molecule has 1 aliphatic carbocycles. The van der Waals surface area contributed by atoms with Crippen molar-refractivity contribution in [1.29, 1.82) is 5.26 Å². The fraction of sp³-hybridized carbons (Fsp3) is 0.619. The summed E-state index contributed by atoms with van der Waals surface area (Å²) in [6.07, 6.45) is 3.74. The first-order chi connectivity index (χ1) is 12.2. The Labute approximate surface area is 154 Å². The number of ether oxygens (including phenoxy) is 1. The van der Waals surface area contributed by atoms with E-state index in [0.717, 1.165) is 24.0 Å². The van der Waals surface area contributed by atoms with Gasteiger partial charge in [0.05, 0.1) is 11.5 Å². The molecule has 1 aliphatic heterocycles. The second-order valence-electron chi connectivity index (χ2n) is 8.65. The minimum atomic E-state index is -0.520. The highest BCUT2D eigenvalue weighted by Crippen LogP contribution is 2.44. The van der Waals surface area contributed by atoms with Crippen molar-refractivity contribution in [2.24, 2.45) is 5.41 Å². The molecule has 1 saturated carbocycles. The molecule has 26 heavy (non-hydrogen) atoms. The maximum atomic E-state index is 13.6. The van der Waals surface area contributed by atoms with E-state index in [2.05, 4.69) is 6.07 Å². The smallest absolute Gasteiger partial charge is 0.410 e. The number of amides is 1. The molecule has 0 aromatic heterocycles. The van der Waals surface area contributed by atoms with Crippen LogP contribution in [0, 0.1) is 22.6 Å². The van der Waals surface area contributed by atoms with Gasteiger partial charge in [-0.2, -0.15) is 5.26 Å². The molecule has 1 heterocycles. The third kappa shape index (κ3) is 4.35. The van der Waals surface area contributed by atoms with E-state index >= 15 is 0 Å². The van der Waals surface area contributed by atoms with Gasteiger partial charge in [0.1, 0.15) is 11.4 Å². The quantitative estimate of drug-likeness (QED) is 0.781. The molecule has 0 radical (unpaired) electrons. The summed E-state index contributed by atoms with van der Waals surface area (Å²) in [4.78, 5) is 13.9.